The number of amides is 1. The fourth-order valence-corrected chi connectivity index (χ4v) is 1.96. The summed E-state index contributed by atoms with van der Waals surface area (Å²) >= 11 is 29.0. The Bertz CT molecular complexity index is 446. The molecule has 1 unspecified atom stereocenters. The zero-order valence-electron chi connectivity index (χ0n) is 9.11. The van der Waals surface area contributed by atoms with Crippen LogP contribution in [0, 0.1) is 0 Å². The van der Waals surface area contributed by atoms with Gasteiger partial charge >= 0.3 is 0 Å². The normalized spacial score (nSPS) is 13.0. The third-order valence-corrected chi connectivity index (χ3v) is 3.11. The predicted octanol–water partition coefficient (Wildman–Crippen LogP) is 4.24. The molecule has 0 radical (unpaired) electrons. The molecule has 0 aromatic heterocycles. The summed E-state index contributed by atoms with van der Waals surface area (Å²) in [6.45, 7) is 1.31. The van der Waals surface area contributed by atoms with E-state index in [0.29, 0.717) is 15.7 Å². The number of hydrogen-bond acceptors (Lipinski definition) is 2. The molecule has 0 spiro atoms. The SMILES string of the molecule is CC(=O)NC(Nc1ccc(Cl)cc1Cl)C(Cl)(Cl)Cl. The minimum absolute atomic E-state index is 0.344. The lowest BCUT2D eigenvalue weighted by molar-refractivity contribution is -0.119. The molecule has 0 saturated heterocycles. The van der Waals surface area contributed by atoms with E-state index < -0.39 is 9.96 Å². The van der Waals surface area contributed by atoms with Gasteiger partial charge in [-0.25, -0.2) is 0 Å². The van der Waals surface area contributed by atoms with Gasteiger partial charge in [-0.05, 0) is 18.2 Å². The molecule has 1 aromatic carbocycles. The van der Waals surface area contributed by atoms with Crippen molar-refractivity contribution in [2.75, 3.05) is 5.32 Å². The Morgan fingerprint density at radius 2 is 1.89 bits per heavy atom. The largest absolute Gasteiger partial charge is 0.361 e. The molecule has 0 bridgehead atoms. The molecule has 0 heterocycles. The summed E-state index contributed by atoms with van der Waals surface area (Å²) < 4.78 is -1.73. The maximum Gasteiger partial charge on any atom is 0.228 e. The van der Waals surface area contributed by atoms with Crippen molar-refractivity contribution in [2.24, 2.45) is 0 Å². The lowest BCUT2D eigenvalue weighted by Crippen LogP contribution is -2.48. The van der Waals surface area contributed by atoms with E-state index >= 15 is 0 Å². The van der Waals surface area contributed by atoms with Crippen molar-refractivity contribution >= 4 is 69.6 Å². The van der Waals surface area contributed by atoms with E-state index in [4.69, 9.17) is 58.0 Å². The van der Waals surface area contributed by atoms with Crippen LogP contribution < -0.4 is 10.6 Å². The highest BCUT2D eigenvalue weighted by atomic mass is 35.6. The van der Waals surface area contributed by atoms with Crippen LogP contribution in [0.5, 0.6) is 0 Å². The van der Waals surface area contributed by atoms with Crippen LogP contribution in [0.25, 0.3) is 0 Å². The molecule has 0 saturated carbocycles. The van der Waals surface area contributed by atoms with Gasteiger partial charge in [0.2, 0.25) is 9.70 Å². The molecule has 1 aromatic rings. The van der Waals surface area contributed by atoms with Crippen LogP contribution in [0.15, 0.2) is 18.2 Å². The summed E-state index contributed by atoms with van der Waals surface area (Å²) in [6.07, 6.45) is -0.918. The van der Waals surface area contributed by atoms with Crippen molar-refractivity contribution in [3.8, 4) is 0 Å². The topological polar surface area (TPSA) is 41.1 Å². The Morgan fingerprint density at radius 3 is 2.33 bits per heavy atom. The van der Waals surface area contributed by atoms with Gasteiger partial charge in [0.25, 0.3) is 0 Å². The number of rotatable bonds is 3. The van der Waals surface area contributed by atoms with E-state index in [-0.39, 0.29) is 5.91 Å². The van der Waals surface area contributed by atoms with Gasteiger partial charge in [0.15, 0.2) is 0 Å². The lowest BCUT2D eigenvalue weighted by atomic mass is 10.3. The summed E-state index contributed by atoms with van der Waals surface area (Å²) in [5.41, 5.74) is 0.492. The fraction of sp³-hybridized carbons (Fsp3) is 0.300. The van der Waals surface area contributed by atoms with Gasteiger partial charge in [-0.1, -0.05) is 58.0 Å². The van der Waals surface area contributed by atoms with Crippen molar-refractivity contribution in [1.82, 2.24) is 5.32 Å². The molecule has 0 aliphatic carbocycles. The zero-order chi connectivity index (χ0) is 13.9. The van der Waals surface area contributed by atoms with E-state index in [1.165, 1.54) is 13.0 Å². The Kier molecular flexibility index (Phi) is 5.68. The molecule has 0 fully saturated rings. The number of nitrogens with one attached hydrogen (secondary N) is 2. The summed E-state index contributed by atoms with van der Waals surface area (Å²) in [7, 11) is 0. The third-order valence-electron chi connectivity index (χ3n) is 1.91. The molecule has 1 amide bonds. The second-order valence-electron chi connectivity index (χ2n) is 3.44. The monoisotopic (exact) mass is 348 g/mol. The van der Waals surface area contributed by atoms with Crippen molar-refractivity contribution < 1.29 is 4.79 Å². The quantitative estimate of drug-likeness (QED) is 0.632. The summed E-state index contributed by atoms with van der Waals surface area (Å²) in [6, 6.07) is 4.78. The number of halogens is 5. The first-order valence-corrected chi connectivity index (χ1v) is 6.64. The average molecular weight is 350 g/mol. The Morgan fingerprint density at radius 1 is 1.28 bits per heavy atom. The van der Waals surface area contributed by atoms with Gasteiger partial charge in [0.1, 0.15) is 6.17 Å². The van der Waals surface area contributed by atoms with E-state index in [1.54, 1.807) is 12.1 Å². The molecular weight excluding hydrogens is 341 g/mol. The van der Waals surface area contributed by atoms with Gasteiger partial charge in [0, 0.05) is 11.9 Å². The highest BCUT2D eigenvalue weighted by molar-refractivity contribution is 6.68. The Balaban J connectivity index is 2.92. The van der Waals surface area contributed by atoms with E-state index in [9.17, 15) is 4.79 Å². The van der Waals surface area contributed by atoms with Crippen LogP contribution >= 0.6 is 58.0 Å². The van der Waals surface area contributed by atoms with Crippen molar-refractivity contribution in [1.29, 1.82) is 0 Å². The van der Waals surface area contributed by atoms with Crippen molar-refractivity contribution in [3.05, 3.63) is 28.2 Å². The molecule has 18 heavy (non-hydrogen) atoms. The molecule has 1 atom stereocenters. The van der Waals surface area contributed by atoms with Gasteiger partial charge in [-0.3, -0.25) is 4.79 Å². The smallest absolute Gasteiger partial charge is 0.228 e. The molecule has 0 aliphatic heterocycles. The van der Waals surface area contributed by atoms with Crippen LogP contribution in [0.2, 0.25) is 10.0 Å². The van der Waals surface area contributed by atoms with Crippen LogP contribution in [0.4, 0.5) is 5.69 Å². The maximum absolute atomic E-state index is 11.0. The maximum atomic E-state index is 11.0. The minimum Gasteiger partial charge on any atom is -0.361 e. The molecule has 1 rings (SSSR count). The molecule has 2 N–H and O–H groups in total. The Labute approximate surface area is 130 Å². The first-order chi connectivity index (χ1) is 8.20. The van der Waals surface area contributed by atoms with Gasteiger partial charge in [-0.2, -0.15) is 0 Å². The van der Waals surface area contributed by atoms with Crippen LogP contribution in [0.3, 0.4) is 0 Å². The average Bonchev–Trinajstić information content (AvgIpc) is 2.18. The number of alkyl halides is 3. The number of hydrogen-bond donors (Lipinski definition) is 2. The van der Waals surface area contributed by atoms with Gasteiger partial charge < -0.3 is 10.6 Å². The number of benzene rings is 1. The van der Waals surface area contributed by atoms with E-state index in [0.717, 1.165) is 0 Å². The van der Waals surface area contributed by atoms with Crippen LogP contribution in [0.1, 0.15) is 6.92 Å². The van der Waals surface area contributed by atoms with Gasteiger partial charge in [0.05, 0.1) is 10.7 Å². The van der Waals surface area contributed by atoms with Gasteiger partial charge in [-0.15, -0.1) is 0 Å². The zero-order valence-corrected chi connectivity index (χ0v) is 12.9. The first-order valence-electron chi connectivity index (χ1n) is 4.75. The summed E-state index contributed by atoms with van der Waals surface area (Å²) in [5.74, 6) is -0.344. The highest BCUT2D eigenvalue weighted by Gasteiger charge is 2.33. The molecule has 3 nitrogen and oxygen atoms in total. The number of carbonyl (C=O) groups excluding carboxylic acids is 1. The summed E-state index contributed by atoms with van der Waals surface area (Å²) in [5, 5.41) is 6.14. The molecule has 100 valence electrons. The fourth-order valence-electron chi connectivity index (χ4n) is 1.17. The standard InChI is InChI=1S/C10H9Cl5N2O/c1-5(18)16-9(10(13,14)15)17-8-3-2-6(11)4-7(8)12/h2-4,9,17H,1H3,(H,16,18). The predicted molar refractivity (Wildman–Crippen MR) is 78.0 cm³/mol. The van der Waals surface area contributed by atoms with Crippen LogP contribution in [-0.2, 0) is 4.79 Å². The van der Waals surface area contributed by atoms with Crippen molar-refractivity contribution in [2.45, 2.75) is 16.9 Å². The third kappa shape index (κ3) is 4.90. The minimum atomic E-state index is -1.73. The summed E-state index contributed by atoms with van der Waals surface area (Å²) in [4.78, 5) is 11.0. The molecule has 0 aliphatic rings. The van der Waals surface area contributed by atoms with Crippen molar-refractivity contribution in [3.63, 3.8) is 0 Å². The first kappa shape index (κ1) is 16.0. The van der Waals surface area contributed by atoms with E-state index in [1.807, 2.05) is 0 Å². The second-order valence-corrected chi connectivity index (χ2v) is 6.66. The Hall–Kier alpha value is -0.0600. The molecular formula is C10H9Cl5N2O. The highest BCUT2D eigenvalue weighted by Crippen LogP contribution is 2.33. The number of anilines is 1. The number of carbonyl (C=O) groups is 1. The second kappa shape index (κ2) is 6.40. The van der Waals surface area contributed by atoms with Crippen LogP contribution in [-0.4, -0.2) is 15.9 Å². The van der Waals surface area contributed by atoms with E-state index in [2.05, 4.69) is 10.6 Å². The molecule has 8 heteroatoms. The lowest BCUT2D eigenvalue weighted by Gasteiger charge is -2.27.